The average molecular weight is 446 g/mol. The van der Waals surface area contributed by atoms with E-state index in [-0.39, 0.29) is 18.4 Å². The van der Waals surface area contributed by atoms with Crippen molar-refractivity contribution in [3.05, 3.63) is 65.8 Å². The Hall–Kier alpha value is -3.52. The van der Waals surface area contributed by atoms with E-state index in [1.54, 1.807) is 36.0 Å². The monoisotopic (exact) mass is 445 g/mol. The van der Waals surface area contributed by atoms with Crippen LogP contribution in [0.2, 0.25) is 0 Å². The summed E-state index contributed by atoms with van der Waals surface area (Å²) in [7, 11) is 0. The van der Waals surface area contributed by atoms with Crippen molar-refractivity contribution in [3.8, 4) is 10.7 Å². The van der Waals surface area contributed by atoms with Crippen LogP contribution in [0.4, 0.5) is 5.69 Å². The molecule has 0 atom stereocenters. The summed E-state index contributed by atoms with van der Waals surface area (Å²) in [6, 6.07) is 14.9. The van der Waals surface area contributed by atoms with Crippen LogP contribution in [0, 0.1) is 0 Å². The Morgan fingerprint density at radius 3 is 2.53 bits per heavy atom. The van der Waals surface area contributed by atoms with Crippen LogP contribution >= 0.6 is 11.3 Å². The van der Waals surface area contributed by atoms with Gasteiger partial charge in [-0.2, -0.15) is 0 Å². The van der Waals surface area contributed by atoms with Gasteiger partial charge in [0.2, 0.25) is 5.91 Å². The van der Waals surface area contributed by atoms with Crippen molar-refractivity contribution in [1.29, 1.82) is 0 Å². The van der Waals surface area contributed by atoms with Crippen molar-refractivity contribution in [2.45, 2.75) is 25.8 Å². The summed E-state index contributed by atoms with van der Waals surface area (Å²) < 4.78 is 1.91. The van der Waals surface area contributed by atoms with E-state index in [4.69, 9.17) is 4.98 Å². The van der Waals surface area contributed by atoms with Crippen molar-refractivity contribution in [2.75, 3.05) is 18.4 Å². The van der Waals surface area contributed by atoms with Crippen molar-refractivity contribution in [3.63, 3.8) is 0 Å². The number of rotatable bonds is 5. The average Bonchev–Trinajstić information content (AvgIpc) is 3.48. The second-order valence-corrected chi connectivity index (χ2v) is 8.74. The quantitative estimate of drug-likeness (QED) is 0.493. The van der Waals surface area contributed by atoms with Gasteiger partial charge in [0, 0.05) is 30.5 Å². The molecule has 8 heteroatoms. The van der Waals surface area contributed by atoms with Gasteiger partial charge in [0.25, 0.3) is 5.91 Å². The number of benzene rings is 2. The van der Waals surface area contributed by atoms with E-state index >= 15 is 0 Å². The maximum atomic E-state index is 12.9. The molecular formula is C24H23N5O2S. The Labute approximate surface area is 189 Å². The number of imidazole rings is 1. The number of anilines is 1. The number of aromatic nitrogens is 3. The summed E-state index contributed by atoms with van der Waals surface area (Å²) in [6.07, 6.45) is 5.07. The van der Waals surface area contributed by atoms with Crippen LogP contribution in [0.15, 0.2) is 60.2 Å². The molecule has 0 spiro atoms. The highest BCUT2D eigenvalue weighted by atomic mass is 32.1. The smallest absolute Gasteiger partial charge is 0.253 e. The third-order valence-electron chi connectivity index (χ3n) is 5.67. The molecule has 2 amide bonds. The summed E-state index contributed by atoms with van der Waals surface area (Å²) in [5.74, 6) is 0.627. The Balaban J connectivity index is 1.32. The highest BCUT2D eigenvalue weighted by Crippen LogP contribution is 2.27. The lowest BCUT2D eigenvalue weighted by Gasteiger charge is -2.26. The number of carbonyl (C=O) groups is 2. The lowest BCUT2D eigenvalue weighted by molar-refractivity contribution is -0.116. The van der Waals surface area contributed by atoms with Gasteiger partial charge in [-0.3, -0.25) is 14.6 Å². The third-order valence-corrected chi connectivity index (χ3v) is 6.44. The van der Waals surface area contributed by atoms with Crippen molar-refractivity contribution in [1.82, 2.24) is 19.4 Å². The highest BCUT2D eigenvalue weighted by Gasteiger charge is 2.19. The fourth-order valence-corrected chi connectivity index (χ4v) is 4.69. The minimum absolute atomic E-state index is 0.0571. The molecule has 1 fully saturated rings. The molecule has 162 valence electrons. The number of likely N-dealkylation sites (tertiary alicyclic amines) is 1. The van der Waals surface area contributed by atoms with Crippen molar-refractivity contribution in [2.24, 2.45) is 0 Å². The summed E-state index contributed by atoms with van der Waals surface area (Å²) in [5, 5.41) is 2.94. The minimum Gasteiger partial charge on any atom is -0.339 e. The zero-order valence-corrected chi connectivity index (χ0v) is 18.3. The zero-order valence-electron chi connectivity index (χ0n) is 17.5. The standard InChI is InChI=1S/C24H23N5O2S/c30-22(26-18-10-8-17(9-11-18)24(31)28-12-4-1-5-13-28)15-29-20-7-3-2-6-19(20)27-23(29)21-14-25-16-32-21/h2-3,6-11,14,16H,1,4-5,12-13,15H2,(H,26,30). The number of hydrogen-bond donors (Lipinski definition) is 1. The summed E-state index contributed by atoms with van der Waals surface area (Å²) in [4.78, 5) is 37.2. The molecule has 32 heavy (non-hydrogen) atoms. The fraction of sp³-hybridized carbons (Fsp3) is 0.250. The molecule has 2 aromatic heterocycles. The number of fused-ring (bicyclic) bond motifs is 1. The molecule has 0 unspecified atom stereocenters. The van der Waals surface area contributed by atoms with E-state index in [0.29, 0.717) is 11.3 Å². The number of carbonyl (C=O) groups excluding carboxylic acids is 2. The van der Waals surface area contributed by atoms with E-state index in [9.17, 15) is 9.59 Å². The Kier molecular flexibility index (Phi) is 5.68. The molecule has 2 aromatic carbocycles. The largest absolute Gasteiger partial charge is 0.339 e. The number of thiazole rings is 1. The zero-order chi connectivity index (χ0) is 21.9. The first-order valence-electron chi connectivity index (χ1n) is 10.7. The summed E-state index contributed by atoms with van der Waals surface area (Å²) in [6.45, 7) is 1.76. The molecule has 1 N–H and O–H groups in total. The first kappa shape index (κ1) is 20.4. The number of para-hydroxylation sites is 2. The fourth-order valence-electron chi connectivity index (χ4n) is 4.07. The first-order valence-corrected chi connectivity index (χ1v) is 11.6. The molecule has 0 saturated carbocycles. The van der Waals surface area contributed by atoms with Gasteiger partial charge < -0.3 is 14.8 Å². The molecule has 3 heterocycles. The molecule has 0 bridgehead atoms. The molecule has 7 nitrogen and oxygen atoms in total. The van der Waals surface area contributed by atoms with Crippen LogP contribution in [0.5, 0.6) is 0 Å². The van der Waals surface area contributed by atoms with Crippen molar-refractivity contribution < 1.29 is 9.59 Å². The van der Waals surface area contributed by atoms with E-state index < -0.39 is 0 Å². The van der Waals surface area contributed by atoms with E-state index in [2.05, 4.69) is 10.3 Å². The van der Waals surface area contributed by atoms with E-state index in [1.807, 2.05) is 33.7 Å². The van der Waals surface area contributed by atoms with Crippen LogP contribution < -0.4 is 5.32 Å². The first-order chi connectivity index (χ1) is 15.7. The molecule has 0 radical (unpaired) electrons. The SMILES string of the molecule is O=C(Cn1c(-c2cncs2)nc2ccccc21)Nc1ccc(C(=O)N2CCCCC2)cc1. The maximum absolute atomic E-state index is 12.9. The van der Waals surface area contributed by atoms with Gasteiger partial charge in [-0.25, -0.2) is 4.98 Å². The molecule has 5 rings (SSSR count). The maximum Gasteiger partial charge on any atom is 0.253 e. The third kappa shape index (κ3) is 4.13. The number of hydrogen-bond acceptors (Lipinski definition) is 5. The molecule has 1 aliphatic heterocycles. The van der Waals surface area contributed by atoms with Crippen LogP contribution in [0.25, 0.3) is 21.7 Å². The lowest BCUT2D eigenvalue weighted by Crippen LogP contribution is -2.35. The second-order valence-electron chi connectivity index (χ2n) is 7.85. The molecule has 1 aliphatic rings. The molecule has 4 aromatic rings. The molecular weight excluding hydrogens is 422 g/mol. The van der Waals surface area contributed by atoms with E-state index in [0.717, 1.165) is 47.7 Å². The predicted octanol–water partition coefficient (Wildman–Crippen LogP) is 4.42. The van der Waals surface area contributed by atoms with E-state index in [1.165, 1.54) is 17.8 Å². The lowest BCUT2D eigenvalue weighted by atomic mass is 10.1. The van der Waals surface area contributed by atoms with Gasteiger partial charge in [0.15, 0.2) is 5.82 Å². The van der Waals surface area contributed by atoms with Gasteiger partial charge in [0.1, 0.15) is 6.54 Å². The Morgan fingerprint density at radius 2 is 1.78 bits per heavy atom. The van der Waals surface area contributed by atoms with Crippen LogP contribution in [0.1, 0.15) is 29.6 Å². The highest BCUT2D eigenvalue weighted by molar-refractivity contribution is 7.13. The number of piperidine rings is 1. The topological polar surface area (TPSA) is 80.1 Å². The Bertz CT molecular complexity index is 1240. The van der Waals surface area contributed by atoms with Gasteiger partial charge >= 0.3 is 0 Å². The predicted molar refractivity (Wildman–Crippen MR) is 126 cm³/mol. The minimum atomic E-state index is -0.158. The van der Waals surface area contributed by atoms with Gasteiger partial charge in [-0.05, 0) is 55.7 Å². The van der Waals surface area contributed by atoms with Crippen LogP contribution in [0.3, 0.4) is 0 Å². The van der Waals surface area contributed by atoms with Gasteiger partial charge in [-0.15, -0.1) is 11.3 Å². The molecule has 1 saturated heterocycles. The number of nitrogens with zero attached hydrogens (tertiary/aromatic N) is 4. The van der Waals surface area contributed by atoms with Crippen LogP contribution in [-0.2, 0) is 11.3 Å². The van der Waals surface area contributed by atoms with Gasteiger partial charge in [-0.1, -0.05) is 12.1 Å². The number of amides is 2. The molecule has 0 aliphatic carbocycles. The summed E-state index contributed by atoms with van der Waals surface area (Å²) in [5.41, 5.74) is 4.80. The van der Waals surface area contributed by atoms with Crippen LogP contribution in [-0.4, -0.2) is 44.3 Å². The second kappa shape index (κ2) is 8.92. The normalized spacial score (nSPS) is 13.9. The van der Waals surface area contributed by atoms with Crippen molar-refractivity contribution >= 4 is 39.9 Å². The number of nitrogens with one attached hydrogen (secondary N) is 1. The Morgan fingerprint density at radius 1 is 1.00 bits per heavy atom. The summed E-state index contributed by atoms with van der Waals surface area (Å²) >= 11 is 1.49. The van der Waals surface area contributed by atoms with Gasteiger partial charge in [0.05, 0.1) is 21.4 Å².